The fourth-order valence-corrected chi connectivity index (χ4v) is 5.07. The van der Waals surface area contributed by atoms with Gasteiger partial charge in [-0.1, -0.05) is 65.9 Å². The summed E-state index contributed by atoms with van der Waals surface area (Å²) in [5, 5.41) is 0.450. The van der Waals surface area contributed by atoms with Crippen LogP contribution in [0.15, 0.2) is 82.2 Å². The number of hydrogen-bond acceptors (Lipinski definition) is 6. The van der Waals surface area contributed by atoms with E-state index in [1.165, 1.54) is 15.9 Å². The van der Waals surface area contributed by atoms with Crippen LogP contribution in [0, 0.1) is 0 Å². The molecule has 0 amide bonds. The van der Waals surface area contributed by atoms with Crippen LogP contribution < -0.4 is 19.6 Å². The van der Waals surface area contributed by atoms with Crippen LogP contribution >= 0.6 is 22.9 Å². The first-order valence-electron chi connectivity index (χ1n) is 10.7. The summed E-state index contributed by atoms with van der Waals surface area (Å²) in [4.78, 5) is 31.6. The van der Waals surface area contributed by atoms with Crippen LogP contribution in [-0.2, 0) is 9.53 Å². The van der Waals surface area contributed by atoms with Crippen molar-refractivity contribution in [1.82, 2.24) is 4.57 Å². The van der Waals surface area contributed by atoms with Gasteiger partial charge in [-0.25, -0.2) is 9.79 Å². The first-order valence-corrected chi connectivity index (χ1v) is 11.9. The van der Waals surface area contributed by atoms with Crippen molar-refractivity contribution in [3.05, 3.63) is 108 Å². The van der Waals surface area contributed by atoms with Crippen molar-refractivity contribution < 1.29 is 14.3 Å². The Balaban J connectivity index is 1.90. The van der Waals surface area contributed by atoms with Crippen molar-refractivity contribution in [2.45, 2.75) is 19.9 Å². The first-order chi connectivity index (χ1) is 16.4. The molecule has 1 aliphatic rings. The fraction of sp³-hybridized carbons (Fsp3) is 0.192. The van der Waals surface area contributed by atoms with Gasteiger partial charge in [-0.2, -0.15) is 0 Å². The van der Waals surface area contributed by atoms with Gasteiger partial charge in [-0.15, -0.1) is 0 Å². The first kappa shape index (κ1) is 23.7. The van der Waals surface area contributed by atoms with Crippen molar-refractivity contribution in [3.63, 3.8) is 0 Å². The van der Waals surface area contributed by atoms with Crippen LogP contribution in [0.3, 0.4) is 0 Å². The molecular formula is C26H23ClN2O4S. The van der Waals surface area contributed by atoms with E-state index in [9.17, 15) is 9.59 Å². The minimum Gasteiger partial charge on any atom is -0.490 e. The summed E-state index contributed by atoms with van der Waals surface area (Å²) in [5.74, 6) is 0.158. The van der Waals surface area contributed by atoms with Crippen LogP contribution in [0.4, 0.5) is 0 Å². The Morgan fingerprint density at radius 2 is 2.06 bits per heavy atom. The van der Waals surface area contributed by atoms with E-state index in [4.69, 9.17) is 21.1 Å². The minimum atomic E-state index is -0.742. The van der Waals surface area contributed by atoms with Crippen molar-refractivity contribution in [3.8, 4) is 5.75 Å². The molecule has 8 heteroatoms. The highest BCUT2D eigenvalue weighted by molar-refractivity contribution is 7.07. The molecule has 1 aromatic heterocycles. The van der Waals surface area contributed by atoms with Gasteiger partial charge < -0.3 is 9.47 Å². The molecule has 0 aliphatic carbocycles. The number of nitrogens with zero attached hydrogens (tertiary/aromatic N) is 2. The van der Waals surface area contributed by atoms with E-state index in [1.54, 1.807) is 38.1 Å². The number of halogens is 1. The number of fused-ring (bicyclic) bond motifs is 1. The largest absolute Gasteiger partial charge is 0.490 e. The zero-order valence-corrected chi connectivity index (χ0v) is 20.4. The number of carbonyl (C=O) groups is 1. The molecular weight excluding hydrogens is 472 g/mol. The predicted molar refractivity (Wildman–Crippen MR) is 134 cm³/mol. The Morgan fingerprint density at radius 1 is 1.26 bits per heavy atom. The number of rotatable bonds is 7. The molecule has 174 valence electrons. The van der Waals surface area contributed by atoms with E-state index >= 15 is 0 Å². The zero-order valence-electron chi connectivity index (χ0n) is 18.8. The smallest absolute Gasteiger partial charge is 0.338 e. The Labute approximate surface area is 205 Å². The monoisotopic (exact) mass is 494 g/mol. The van der Waals surface area contributed by atoms with Gasteiger partial charge in [0.25, 0.3) is 5.56 Å². The van der Waals surface area contributed by atoms with E-state index in [2.05, 4.69) is 11.6 Å². The van der Waals surface area contributed by atoms with Crippen LogP contribution in [0.25, 0.3) is 6.08 Å². The number of esters is 1. The molecule has 6 nitrogen and oxygen atoms in total. The van der Waals surface area contributed by atoms with Crippen LogP contribution in [-0.4, -0.2) is 23.8 Å². The van der Waals surface area contributed by atoms with Crippen molar-refractivity contribution in [1.29, 1.82) is 0 Å². The van der Waals surface area contributed by atoms with Gasteiger partial charge in [-0.05, 0) is 49.2 Å². The SMILES string of the molecule is C=CCOc1cccc(/C=c2\sc3n(c2=O)[C@H](c2ccccc2Cl)C(C(=O)OCC)=C(C)N=3)c1. The molecule has 0 saturated heterocycles. The highest BCUT2D eigenvalue weighted by Gasteiger charge is 2.34. The third-order valence-corrected chi connectivity index (χ3v) is 6.57. The lowest BCUT2D eigenvalue weighted by Crippen LogP contribution is -2.40. The number of allylic oxidation sites excluding steroid dienone is 1. The molecule has 4 rings (SSSR count). The highest BCUT2D eigenvalue weighted by atomic mass is 35.5. The van der Waals surface area contributed by atoms with E-state index in [0.29, 0.717) is 43.5 Å². The fourth-order valence-electron chi connectivity index (χ4n) is 3.78. The van der Waals surface area contributed by atoms with Crippen LogP contribution in [0.2, 0.25) is 5.02 Å². The number of thiazole rings is 1. The van der Waals surface area contributed by atoms with Gasteiger partial charge in [0.1, 0.15) is 18.4 Å². The quantitative estimate of drug-likeness (QED) is 0.367. The van der Waals surface area contributed by atoms with Gasteiger partial charge in [0.15, 0.2) is 4.80 Å². The molecule has 2 aromatic carbocycles. The van der Waals surface area contributed by atoms with Gasteiger partial charge in [-0.3, -0.25) is 9.36 Å². The number of carbonyl (C=O) groups excluding carboxylic acids is 1. The van der Waals surface area contributed by atoms with E-state index in [-0.39, 0.29) is 12.2 Å². The molecule has 0 saturated carbocycles. The number of ether oxygens (including phenoxy) is 2. The van der Waals surface area contributed by atoms with Crippen LogP contribution in [0.5, 0.6) is 5.75 Å². The molecule has 0 radical (unpaired) electrons. The molecule has 1 atom stereocenters. The maximum Gasteiger partial charge on any atom is 0.338 e. The lowest BCUT2D eigenvalue weighted by Gasteiger charge is -2.25. The number of benzene rings is 2. The summed E-state index contributed by atoms with van der Waals surface area (Å²) in [6.07, 6.45) is 3.46. The minimum absolute atomic E-state index is 0.208. The summed E-state index contributed by atoms with van der Waals surface area (Å²) in [7, 11) is 0. The molecule has 34 heavy (non-hydrogen) atoms. The van der Waals surface area contributed by atoms with Gasteiger partial charge >= 0.3 is 5.97 Å². The zero-order chi connectivity index (χ0) is 24.2. The maximum absolute atomic E-state index is 13.6. The lowest BCUT2D eigenvalue weighted by atomic mass is 9.96. The standard InChI is InChI=1S/C26H23ClN2O4S/c1-4-13-33-18-10-8-9-17(14-18)15-21-24(30)29-23(19-11-6-7-12-20(19)27)22(25(31)32-5-2)16(3)28-26(29)34-21/h4,6-12,14-15,23H,1,5,13H2,2-3H3/b21-15-/t23-/m1/s1. The second kappa shape index (κ2) is 10.2. The van der Waals surface area contributed by atoms with Gasteiger partial charge in [0.05, 0.1) is 22.4 Å². The van der Waals surface area contributed by atoms with Crippen molar-refractivity contribution in [2.24, 2.45) is 4.99 Å². The second-order valence-electron chi connectivity index (χ2n) is 7.50. The maximum atomic E-state index is 13.6. The summed E-state index contributed by atoms with van der Waals surface area (Å²) < 4.78 is 12.9. The average molecular weight is 495 g/mol. The molecule has 0 fully saturated rings. The normalized spacial score (nSPS) is 15.5. The van der Waals surface area contributed by atoms with Crippen LogP contribution in [0.1, 0.15) is 31.0 Å². The van der Waals surface area contributed by atoms with Gasteiger partial charge in [0.2, 0.25) is 0 Å². The molecule has 0 bridgehead atoms. The van der Waals surface area contributed by atoms with E-state index in [0.717, 1.165) is 5.56 Å². The molecule has 3 aromatic rings. The average Bonchev–Trinajstić information content (AvgIpc) is 3.12. The number of hydrogen-bond donors (Lipinski definition) is 0. The Morgan fingerprint density at radius 3 is 2.79 bits per heavy atom. The predicted octanol–water partition coefficient (Wildman–Crippen LogP) is 4.02. The molecule has 0 unspecified atom stereocenters. The summed E-state index contributed by atoms with van der Waals surface area (Å²) in [6, 6.07) is 13.9. The summed E-state index contributed by atoms with van der Waals surface area (Å²) in [6.45, 7) is 7.73. The Bertz CT molecular complexity index is 1470. The summed E-state index contributed by atoms with van der Waals surface area (Å²) in [5.41, 5.74) is 1.97. The number of aromatic nitrogens is 1. The summed E-state index contributed by atoms with van der Waals surface area (Å²) >= 11 is 7.78. The molecule has 2 heterocycles. The molecule has 0 spiro atoms. The second-order valence-corrected chi connectivity index (χ2v) is 8.91. The van der Waals surface area contributed by atoms with Gasteiger partial charge in [0, 0.05) is 5.02 Å². The molecule has 1 aliphatic heterocycles. The third-order valence-electron chi connectivity index (χ3n) is 5.24. The third kappa shape index (κ3) is 4.62. The van der Waals surface area contributed by atoms with E-state index < -0.39 is 12.0 Å². The van der Waals surface area contributed by atoms with Crippen molar-refractivity contribution >= 4 is 35.0 Å². The molecule has 0 N–H and O–H groups in total. The lowest BCUT2D eigenvalue weighted by molar-refractivity contribution is -0.139. The Kier molecular flexibility index (Phi) is 7.14. The van der Waals surface area contributed by atoms with E-state index in [1.807, 2.05) is 36.4 Å². The highest BCUT2D eigenvalue weighted by Crippen LogP contribution is 2.34. The van der Waals surface area contributed by atoms with Crippen molar-refractivity contribution in [2.75, 3.05) is 13.2 Å². The topological polar surface area (TPSA) is 69.9 Å². The Hall–Kier alpha value is -3.42.